The summed E-state index contributed by atoms with van der Waals surface area (Å²) in [5, 5.41) is 38.4. The van der Waals surface area contributed by atoms with Crippen LogP contribution in [-0.2, 0) is 24.6 Å². The molecule has 9 rings (SSSR count). The summed E-state index contributed by atoms with van der Waals surface area (Å²) in [4.78, 5) is 62.1. The molecule has 0 amide bonds. The number of hydrogen-bond donors (Lipinski definition) is 4. The van der Waals surface area contributed by atoms with Crippen molar-refractivity contribution in [3.63, 3.8) is 0 Å². The van der Waals surface area contributed by atoms with Crippen molar-refractivity contribution in [1.82, 2.24) is 0 Å². The molecule has 488 valence electrons. The van der Waals surface area contributed by atoms with E-state index >= 15 is 0 Å². The zero-order valence-corrected chi connectivity index (χ0v) is 54.9. The summed E-state index contributed by atoms with van der Waals surface area (Å²) in [6, 6.07) is 61.5. The number of carbonyl (C=O) groups is 4. The van der Waals surface area contributed by atoms with Gasteiger partial charge in [0.15, 0.2) is 0 Å². The highest BCUT2D eigenvalue weighted by atomic mass is 16.4. The number of nitrogens with zero attached hydrogens (tertiary/aromatic N) is 5. The Hall–Kier alpha value is -12.2. The van der Waals surface area contributed by atoms with E-state index < -0.39 is 46.7 Å². The molecule has 4 N–H and O–H groups in total. The van der Waals surface area contributed by atoms with Crippen LogP contribution >= 0.6 is 0 Å². The molecule has 0 aromatic heterocycles. The van der Waals surface area contributed by atoms with Gasteiger partial charge in [-0.05, 0) is 175 Å². The second-order valence-electron chi connectivity index (χ2n) is 24.3. The zero-order valence-electron chi connectivity index (χ0n) is 54.9. The van der Waals surface area contributed by atoms with E-state index in [1.54, 1.807) is 48.5 Å². The molecular formula is C85H75N5O8. The smallest absolute Gasteiger partial charge is 0.333 e. The Morgan fingerprint density at radius 3 is 0.959 bits per heavy atom. The van der Waals surface area contributed by atoms with Crippen molar-refractivity contribution in [2.24, 2.45) is 0 Å². The van der Waals surface area contributed by atoms with Crippen molar-refractivity contribution >= 4 is 88.5 Å². The molecule has 0 bridgehead atoms. The Morgan fingerprint density at radius 2 is 0.633 bits per heavy atom. The highest BCUT2D eigenvalue weighted by Gasteiger charge is 2.42. The number of rotatable bonds is 31. The molecule has 0 saturated heterocycles. The first-order chi connectivity index (χ1) is 47.6. The van der Waals surface area contributed by atoms with Crippen molar-refractivity contribution in [2.75, 3.05) is 4.90 Å². The van der Waals surface area contributed by atoms with Crippen LogP contribution in [0.5, 0.6) is 0 Å². The third-order valence-electron chi connectivity index (χ3n) is 17.8. The fraction of sp³-hybridized carbons (Fsp3) is 0.200. The minimum Gasteiger partial charge on any atom is -0.486 e. The highest BCUT2D eigenvalue weighted by molar-refractivity contribution is 5.99. The first-order valence-electron chi connectivity index (χ1n) is 33.0. The van der Waals surface area contributed by atoms with Crippen molar-refractivity contribution in [3.8, 4) is 11.1 Å². The molecular weight excluding hydrogens is 1220 g/mol. The number of benzene rings is 8. The number of fused-ring (bicyclic) bond motifs is 3. The average Bonchev–Trinajstić information content (AvgIpc) is 1.56. The number of carboxylic acids is 4. The van der Waals surface area contributed by atoms with Gasteiger partial charge in [-0.2, -0.15) is 0 Å². The Morgan fingerprint density at radius 1 is 0.347 bits per heavy atom. The predicted molar refractivity (Wildman–Crippen MR) is 392 cm³/mol. The van der Waals surface area contributed by atoms with Gasteiger partial charge in [-0.3, -0.25) is 19.2 Å². The van der Waals surface area contributed by atoms with Crippen LogP contribution in [0.25, 0.3) is 78.1 Å². The van der Waals surface area contributed by atoms with Gasteiger partial charge in [0.05, 0.1) is 26.3 Å². The molecule has 0 fully saturated rings. The molecule has 8 aromatic rings. The van der Waals surface area contributed by atoms with Gasteiger partial charge in [0.1, 0.15) is 0 Å². The van der Waals surface area contributed by atoms with Crippen LogP contribution in [-0.4, -0.2) is 44.3 Å². The molecule has 0 aliphatic heterocycles. The predicted octanol–water partition coefficient (Wildman–Crippen LogP) is 21.5. The summed E-state index contributed by atoms with van der Waals surface area (Å²) < 4.78 is 0. The normalized spacial score (nSPS) is 12.3. The molecule has 0 spiro atoms. The lowest BCUT2D eigenvalue weighted by Crippen LogP contribution is -2.26. The maximum Gasteiger partial charge on any atom is 0.333 e. The first kappa shape index (κ1) is 70.2. The molecule has 13 nitrogen and oxygen atoms in total. The molecule has 8 aromatic carbocycles. The fourth-order valence-electron chi connectivity index (χ4n) is 12.8. The lowest BCUT2D eigenvalue weighted by Gasteiger charge is -2.34. The summed E-state index contributed by atoms with van der Waals surface area (Å²) in [5.74, 6) is -5.30. The molecule has 98 heavy (non-hydrogen) atoms. The van der Waals surface area contributed by atoms with Gasteiger partial charge in [0, 0.05) is 22.5 Å². The largest absolute Gasteiger partial charge is 0.486 e. The fourth-order valence-corrected chi connectivity index (χ4v) is 12.8. The van der Waals surface area contributed by atoms with Crippen molar-refractivity contribution in [3.05, 3.63) is 323 Å². The van der Waals surface area contributed by atoms with E-state index in [0.29, 0.717) is 22.3 Å². The lowest BCUT2D eigenvalue weighted by molar-refractivity contribution is -0.133. The number of carboxylic acid groups (broad SMARTS) is 4. The van der Waals surface area contributed by atoms with Gasteiger partial charge in [0.2, 0.25) is 0 Å². The molecule has 0 atom stereocenters. The van der Waals surface area contributed by atoms with Crippen LogP contribution in [0.1, 0.15) is 171 Å². The number of hydrogen-bond acceptors (Lipinski definition) is 5. The number of aliphatic carboxylic acids is 4. The molecule has 0 unspecified atom stereocenters. The minimum absolute atomic E-state index is 0.207. The van der Waals surface area contributed by atoms with Crippen LogP contribution in [0.2, 0.25) is 0 Å². The number of unbranched alkanes of at least 4 members (excludes halogenated alkanes) is 10. The van der Waals surface area contributed by atoms with E-state index in [0.717, 1.165) is 87.3 Å². The van der Waals surface area contributed by atoms with Gasteiger partial charge in [0.25, 0.3) is 22.8 Å². The summed E-state index contributed by atoms with van der Waals surface area (Å²) in [7, 11) is 0. The van der Waals surface area contributed by atoms with E-state index in [1.807, 2.05) is 60.7 Å². The minimum atomic E-state index is -1.33. The van der Waals surface area contributed by atoms with Gasteiger partial charge >= 0.3 is 23.9 Å². The Labute approximate surface area is 573 Å². The van der Waals surface area contributed by atoms with Crippen LogP contribution < -0.4 is 4.90 Å². The molecule has 1 aliphatic rings. The van der Waals surface area contributed by atoms with Gasteiger partial charge in [-0.1, -0.05) is 243 Å². The summed E-state index contributed by atoms with van der Waals surface area (Å²) >= 11 is 0. The van der Waals surface area contributed by atoms with E-state index in [2.05, 4.69) is 129 Å². The standard InChI is InChI=1S/C85H75N5O8/c1-7-9-11-13-15-19-49-85(50-20-16-14-12-10-8-2)75-22-18-17-21-71(75)72-48-47-70(57-76(72)85)90(68-43-31-58(32-44-68)51-73(64-35-23-60(24-36-64)53-77(86-3)81(91)92)65-37-25-61(26-38-65)54-78(87-4)82(93)94)69-45-33-59(34-46-69)52-74(66-39-27-62(28-40-66)55-79(88-5)83(95)96)67-41-29-63(30-42-67)56-80(89-6)84(97)98/h17-18,21-48,51-57H,7-16,19-20,49-50H2,1-2H3,(H,91,92)(H,93,94)(H,95,96)(H,97,98). The summed E-state index contributed by atoms with van der Waals surface area (Å²) in [5.41, 5.74) is 14.7. The van der Waals surface area contributed by atoms with E-state index in [1.165, 1.54) is 111 Å². The SMILES string of the molecule is [C-]#[N+]C(=Cc1ccc(C(=Cc2ccc(N(c3ccc(C=C(c4ccc(C=C([N+]#[C-])C(=O)O)cc4)c4ccc(C=C([N+]#[C-])C(=O)O)cc4)cc3)c3ccc4c(c3)C(CCCCCCCC)(CCCCCCCC)c3ccccc3-4)cc2)c2ccc(C=C([N+]#[C-])C(=O)O)cc2)cc1)C(=O)O. The summed E-state index contributed by atoms with van der Waals surface area (Å²) in [6.45, 7) is 34.1. The average molecular weight is 1290 g/mol. The third kappa shape index (κ3) is 17.4. The second kappa shape index (κ2) is 33.8. The van der Waals surface area contributed by atoms with E-state index in [4.69, 9.17) is 26.3 Å². The maximum absolute atomic E-state index is 11.8. The molecule has 1 aliphatic carbocycles. The van der Waals surface area contributed by atoms with E-state index in [9.17, 15) is 39.6 Å². The molecule has 13 heteroatoms. The van der Waals surface area contributed by atoms with E-state index in [-0.39, 0.29) is 5.41 Å². The van der Waals surface area contributed by atoms with Gasteiger partial charge in [-0.15, -0.1) is 0 Å². The topological polar surface area (TPSA) is 170 Å². The Kier molecular flexibility index (Phi) is 24.2. The monoisotopic (exact) mass is 1290 g/mol. The highest BCUT2D eigenvalue weighted by Crippen LogP contribution is 2.56. The third-order valence-corrected chi connectivity index (χ3v) is 17.8. The number of anilines is 3. The Balaban J connectivity index is 1.19. The van der Waals surface area contributed by atoms with Crippen molar-refractivity contribution < 1.29 is 39.6 Å². The van der Waals surface area contributed by atoms with Crippen molar-refractivity contribution in [2.45, 2.75) is 109 Å². The first-order valence-corrected chi connectivity index (χ1v) is 33.0. The quantitative estimate of drug-likeness (QED) is 0.0143. The zero-order chi connectivity index (χ0) is 69.6. The Bertz CT molecular complexity index is 4180. The maximum atomic E-state index is 11.8. The van der Waals surface area contributed by atoms with Gasteiger partial charge in [-0.25, -0.2) is 19.4 Å². The van der Waals surface area contributed by atoms with Crippen LogP contribution in [0, 0.1) is 26.3 Å². The van der Waals surface area contributed by atoms with Crippen LogP contribution in [0.3, 0.4) is 0 Å². The summed E-state index contributed by atoms with van der Waals surface area (Å²) in [6.07, 6.45) is 25.8. The van der Waals surface area contributed by atoms with Gasteiger partial charge < -0.3 is 25.3 Å². The molecule has 0 radical (unpaired) electrons. The van der Waals surface area contributed by atoms with Crippen LogP contribution in [0.15, 0.2) is 211 Å². The lowest BCUT2D eigenvalue weighted by atomic mass is 9.70. The molecule has 0 heterocycles. The van der Waals surface area contributed by atoms with Crippen molar-refractivity contribution in [1.29, 1.82) is 0 Å². The van der Waals surface area contributed by atoms with Crippen LogP contribution in [0.4, 0.5) is 17.1 Å². The molecule has 0 saturated carbocycles. The second-order valence-corrected chi connectivity index (χ2v) is 24.3.